The average molecular weight is 368 g/mol. The van der Waals surface area contributed by atoms with E-state index in [0.29, 0.717) is 22.4 Å². The molecule has 0 amide bonds. The summed E-state index contributed by atoms with van der Waals surface area (Å²) in [6.45, 7) is 9.91. The molecule has 0 N–H and O–H groups in total. The van der Waals surface area contributed by atoms with Gasteiger partial charge in [0.15, 0.2) is 11.3 Å². The number of halogens is 1. The minimum absolute atomic E-state index is 0.143. The molecule has 8 heteroatoms. The van der Waals surface area contributed by atoms with Gasteiger partial charge in [0.05, 0.1) is 22.9 Å². The van der Waals surface area contributed by atoms with Crippen molar-refractivity contribution in [1.29, 1.82) is 0 Å². The van der Waals surface area contributed by atoms with Crippen molar-refractivity contribution in [2.75, 3.05) is 0 Å². The Morgan fingerprint density at radius 3 is 2.52 bits per heavy atom. The minimum atomic E-state index is -0.387. The van der Waals surface area contributed by atoms with Gasteiger partial charge in [-0.25, -0.2) is 9.37 Å². The van der Waals surface area contributed by atoms with E-state index in [4.69, 9.17) is 0 Å². The van der Waals surface area contributed by atoms with Crippen molar-refractivity contribution >= 4 is 16.6 Å². The summed E-state index contributed by atoms with van der Waals surface area (Å²) in [5.74, 6) is 0.0192. The number of nitrogens with zero attached hydrogens (tertiary/aromatic N) is 6. The van der Waals surface area contributed by atoms with Gasteiger partial charge in [0.2, 0.25) is 0 Å². The summed E-state index contributed by atoms with van der Waals surface area (Å²) in [5.41, 5.74) is 2.00. The summed E-state index contributed by atoms with van der Waals surface area (Å²) >= 11 is 0. The van der Waals surface area contributed by atoms with Crippen LogP contribution in [0.5, 0.6) is 0 Å². The number of benzene rings is 1. The Balaban J connectivity index is 2.09. The molecule has 0 unspecified atom stereocenters. The molecule has 0 atom stereocenters. The number of hydrogen-bond donors (Lipinski definition) is 0. The van der Waals surface area contributed by atoms with Crippen LogP contribution in [0, 0.1) is 5.82 Å². The van der Waals surface area contributed by atoms with Gasteiger partial charge < -0.3 is 4.57 Å². The number of aromatic nitrogens is 6. The molecule has 0 bridgehead atoms. The smallest absolute Gasteiger partial charge is 0.279 e. The fourth-order valence-electron chi connectivity index (χ4n) is 3.23. The van der Waals surface area contributed by atoms with E-state index >= 15 is 0 Å². The zero-order valence-electron chi connectivity index (χ0n) is 15.9. The van der Waals surface area contributed by atoms with Gasteiger partial charge in [-0.3, -0.25) is 9.20 Å². The Hall–Kier alpha value is -3.03. The number of rotatable bonds is 2. The molecule has 140 valence electrons. The van der Waals surface area contributed by atoms with Crippen molar-refractivity contribution in [3.8, 4) is 5.82 Å². The lowest BCUT2D eigenvalue weighted by atomic mass is 9.93. The highest BCUT2D eigenvalue weighted by molar-refractivity contribution is 5.81. The van der Waals surface area contributed by atoms with Gasteiger partial charge in [0.1, 0.15) is 12.1 Å². The predicted octanol–water partition coefficient (Wildman–Crippen LogP) is 3.25. The highest BCUT2D eigenvalue weighted by Crippen LogP contribution is 2.23. The summed E-state index contributed by atoms with van der Waals surface area (Å²) in [5, 5.41) is 8.38. The first-order valence-electron chi connectivity index (χ1n) is 8.82. The van der Waals surface area contributed by atoms with Gasteiger partial charge in [0, 0.05) is 11.5 Å². The topological polar surface area (TPSA) is 70.0 Å². The van der Waals surface area contributed by atoms with E-state index < -0.39 is 0 Å². The Morgan fingerprint density at radius 2 is 1.89 bits per heavy atom. The maximum Gasteiger partial charge on any atom is 0.279 e. The van der Waals surface area contributed by atoms with Crippen molar-refractivity contribution in [3.05, 3.63) is 52.6 Å². The van der Waals surface area contributed by atoms with E-state index in [1.807, 2.05) is 34.6 Å². The molecule has 0 saturated heterocycles. The normalized spacial score (nSPS) is 12.6. The minimum Gasteiger partial charge on any atom is -0.302 e. The molecule has 4 aromatic rings. The summed E-state index contributed by atoms with van der Waals surface area (Å²) in [4.78, 5) is 17.7. The molecule has 0 saturated carbocycles. The third-order valence-corrected chi connectivity index (χ3v) is 4.62. The van der Waals surface area contributed by atoms with Crippen LogP contribution < -0.4 is 5.56 Å². The molecule has 0 fully saturated rings. The third-order valence-electron chi connectivity index (χ3n) is 4.62. The van der Waals surface area contributed by atoms with Gasteiger partial charge in [-0.05, 0) is 32.0 Å². The summed E-state index contributed by atoms with van der Waals surface area (Å²) < 4.78 is 18.6. The fourth-order valence-corrected chi connectivity index (χ4v) is 3.23. The van der Waals surface area contributed by atoms with Crippen LogP contribution in [0.15, 0.2) is 35.5 Å². The number of fused-ring (bicyclic) bond motifs is 3. The standard InChI is InChI=1S/C19H21FN6O/c1-11(2)26-14-8-12(20)6-7-13(14)24-10-21-17(16(24)18(26)27)25-9-15(22-23-25)19(3,4)5/h6-11H,1-5H3. The Bertz CT molecular complexity index is 1220. The van der Waals surface area contributed by atoms with Crippen LogP contribution in [0.25, 0.3) is 22.4 Å². The molecule has 3 aromatic heterocycles. The van der Waals surface area contributed by atoms with Crippen molar-refractivity contribution in [2.45, 2.75) is 46.1 Å². The molecular weight excluding hydrogens is 347 g/mol. The average Bonchev–Trinajstić information content (AvgIpc) is 3.21. The molecule has 0 aliphatic heterocycles. The zero-order valence-corrected chi connectivity index (χ0v) is 15.9. The van der Waals surface area contributed by atoms with Crippen LogP contribution in [0.1, 0.15) is 46.4 Å². The number of hydrogen-bond acceptors (Lipinski definition) is 4. The quantitative estimate of drug-likeness (QED) is 0.545. The molecular formula is C19H21FN6O. The van der Waals surface area contributed by atoms with Crippen molar-refractivity contribution < 1.29 is 4.39 Å². The second-order valence-electron chi connectivity index (χ2n) is 7.99. The lowest BCUT2D eigenvalue weighted by Crippen LogP contribution is -2.25. The zero-order chi connectivity index (χ0) is 19.5. The second-order valence-corrected chi connectivity index (χ2v) is 7.99. The maximum atomic E-state index is 13.8. The molecule has 27 heavy (non-hydrogen) atoms. The third kappa shape index (κ3) is 2.63. The van der Waals surface area contributed by atoms with E-state index in [1.165, 1.54) is 16.8 Å². The first-order chi connectivity index (χ1) is 12.7. The molecule has 0 aliphatic carbocycles. The summed E-state index contributed by atoms with van der Waals surface area (Å²) in [6.07, 6.45) is 3.35. The van der Waals surface area contributed by atoms with Crippen LogP contribution in [0.3, 0.4) is 0 Å². The Kier molecular flexibility index (Phi) is 3.69. The van der Waals surface area contributed by atoms with Crippen LogP contribution in [0.2, 0.25) is 0 Å². The van der Waals surface area contributed by atoms with E-state index in [-0.39, 0.29) is 22.8 Å². The van der Waals surface area contributed by atoms with Crippen LogP contribution in [-0.4, -0.2) is 28.9 Å². The highest BCUT2D eigenvalue weighted by Gasteiger charge is 2.22. The Morgan fingerprint density at radius 1 is 1.15 bits per heavy atom. The molecule has 1 aromatic carbocycles. The van der Waals surface area contributed by atoms with Crippen molar-refractivity contribution in [3.63, 3.8) is 0 Å². The first-order valence-corrected chi connectivity index (χ1v) is 8.82. The summed E-state index contributed by atoms with van der Waals surface area (Å²) in [6, 6.07) is 4.27. The van der Waals surface area contributed by atoms with E-state index in [2.05, 4.69) is 15.3 Å². The lowest BCUT2D eigenvalue weighted by molar-refractivity contribution is 0.566. The molecule has 4 rings (SSSR count). The van der Waals surface area contributed by atoms with Gasteiger partial charge in [-0.15, -0.1) is 5.10 Å². The molecule has 0 spiro atoms. The maximum absolute atomic E-state index is 13.8. The first kappa shape index (κ1) is 17.4. The van der Waals surface area contributed by atoms with Crippen LogP contribution in [-0.2, 0) is 5.41 Å². The monoisotopic (exact) mass is 368 g/mol. The fraction of sp³-hybridized carbons (Fsp3) is 0.368. The van der Waals surface area contributed by atoms with Crippen LogP contribution in [0.4, 0.5) is 4.39 Å². The molecule has 0 radical (unpaired) electrons. The van der Waals surface area contributed by atoms with E-state index in [1.54, 1.807) is 27.6 Å². The summed E-state index contributed by atoms with van der Waals surface area (Å²) in [7, 11) is 0. The van der Waals surface area contributed by atoms with Gasteiger partial charge >= 0.3 is 0 Å². The van der Waals surface area contributed by atoms with Gasteiger partial charge in [0.25, 0.3) is 5.56 Å². The Labute approximate surface area is 155 Å². The van der Waals surface area contributed by atoms with E-state index in [9.17, 15) is 9.18 Å². The lowest BCUT2D eigenvalue weighted by Gasteiger charge is -2.15. The van der Waals surface area contributed by atoms with Crippen molar-refractivity contribution in [2.24, 2.45) is 0 Å². The van der Waals surface area contributed by atoms with Gasteiger partial charge in [-0.2, -0.15) is 4.68 Å². The van der Waals surface area contributed by atoms with Crippen molar-refractivity contribution in [1.82, 2.24) is 28.9 Å². The SMILES string of the molecule is CC(C)n1c(=O)c2c(-n3cc(C(C)(C)C)nn3)ncn2c2ccc(F)cc21. The molecule has 0 aliphatic rings. The van der Waals surface area contributed by atoms with E-state index in [0.717, 1.165) is 5.69 Å². The second kappa shape index (κ2) is 5.73. The molecule has 3 heterocycles. The van der Waals surface area contributed by atoms with Crippen LogP contribution >= 0.6 is 0 Å². The molecule has 7 nitrogen and oxygen atoms in total. The highest BCUT2D eigenvalue weighted by atomic mass is 19.1. The number of imidazole rings is 1. The largest absolute Gasteiger partial charge is 0.302 e. The van der Waals surface area contributed by atoms with Gasteiger partial charge in [-0.1, -0.05) is 26.0 Å². The predicted molar refractivity (Wildman–Crippen MR) is 101 cm³/mol.